The number of amides is 3. The summed E-state index contributed by atoms with van der Waals surface area (Å²) in [5, 5.41) is 2.81. The molecule has 1 saturated heterocycles. The molecule has 3 amide bonds. The fraction of sp³-hybridized carbons (Fsp3) is 0.800. The largest absolute Gasteiger partial charge is 0.356 e. The first kappa shape index (κ1) is 16.7. The van der Waals surface area contributed by atoms with Gasteiger partial charge in [0.2, 0.25) is 17.7 Å². The quantitative estimate of drug-likeness (QED) is 0.721. The lowest BCUT2D eigenvalue weighted by atomic mass is 9.94. The fourth-order valence-corrected chi connectivity index (χ4v) is 2.27. The van der Waals surface area contributed by atoms with E-state index in [2.05, 4.69) is 19.2 Å². The Balaban J connectivity index is 2.36. The van der Waals surface area contributed by atoms with Crippen molar-refractivity contribution in [3.8, 4) is 0 Å². The summed E-state index contributed by atoms with van der Waals surface area (Å²) in [6.45, 7) is 8.93. The zero-order valence-electron chi connectivity index (χ0n) is 12.9. The molecule has 1 aliphatic rings. The normalized spacial score (nSPS) is 19.3. The number of rotatable bonds is 7. The van der Waals surface area contributed by atoms with Gasteiger partial charge < -0.3 is 5.32 Å². The summed E-state index contributed by atoms with van der Waals surface area (Å²) in [6.07, 6.45) is 1.41. The molecule has 1 rings (SSSR count). The average molecular weight is 282 g/mol. The van der Waals surface area contributed by atoms with Crippen molar-refractivity contribution >= 4 is 17.7 Å². The van der Waals surface area contributed by atoms with Crippen LogP contribution in [0.15, 0.2) is 0 Å². The van der Waals surface area contributed by atoms with Crippen molar-refractivity contribution in [1.29, 1.82) is 0 Å². The molecule has 1 unspecified atom stereocenters. The molecule has 5 nitrogen and oxygen atoms in total. The van der Waals surface area contributed by atoms with E-state index in [0.717, 1.165) is 6.42 Å². The van der Waals surface area contributed by atoms with Gasteiger partial charge in [-0.3, -0.25) is 19.3 Å². The maximum absolute atomic E-state index is 12.0. The Bertz CT molecular complexity index is 377. The van der Waals surface area contributed by atoms with E-state index < -0.39 is 0 Å². The van der Waals surface area contributed by atoms with Crippen molar-refractivity contribution in [3.05, 3.63) is 0 Å². The fourth-order valence-electron chi connectivity index (χ4n) is 2.27. The van der Waals surface area contributed by atoms with Crippen LogP contribution in [0.2, 0.25) is 0 Å². The highest BCUT2D eigenvalue weighted by Gasteiger charge is 2.39. The predicted octanol–water partition coefficient (Wildman–Crippen LogP) is 1.57. The summed E-state index contributed by atoms with van der Waals surface area (Å²) >= 11 is 0. The van der Waals surface area contributed by atoms with Gasteiger partial charge in [-0.2, -0.15) is 0 Å². The van der Waals surface area contributed by atoms with Gasteiger partial charge in [0.05, 0.1) is 0 Å². The molecule has 114 valence electrons. The van der Waals surface area contributed by atoms with Crippen LogP contribution in [0.25, 0.3) is 0 Å². The first-order valence-electron chi connectivity index (χ1n) is 7.43. The van der Waals surface area contributed by atoms with Gasteiger partial charge in [-0.1, -0.05) is 27.7 Å². The van der Waals surface area contributed by atoms with Crippen LogP contribution in [-0.2, 0) is 14.4 Å². The van der Waals surface area contributed by atoms with E-state index in [0.29, 0.717) is 12.5 Å². The summed E-state index contributed by atoms with van der Waals surface area (Å²) in [6, 6.07) is 0. The van der Waals surface area contributed by atoms with E-state index in [1.54, 1.807) is 0 Å². The van der Waals surface area contributed by atoms with Gasteiger partial charge in [0.15, 0.2) is 0 Å². The van der Waals surface area contributed by atoms with E-state index in [9.17, 15) is 14.4 Å². The van der Waals surface area contributed by atoms with Crippen molar-refractivity contribution in [3.63, 3.8) is 0 Å². The average Bonchev–Trinajstić information content (AvgIpc) is 2.62. The van der Waals surface area contributed by atoms with E-state index >= 15 is 0 Å². The molecule has 1 heterocycles. The maximum atomic E-state index is 12.0. The van der Waals surface area contributed by atoms with Gasteiger partial charge in [-0.15, -0.1) is 0 Å². The van der Waals surface area contributed by atoms with Crippen LogP contribution >= 0.6 is 0 Å². The highest BCUT2D eigenvalue weighted by atomic mass is 16.2. The molecular formula is C15H26N2O3. The zero-order chi connectivity index (χ0) is 15.3. The highest BCUT2D eigenvalue weighted by molar-refractivity contribution is 6.03. The minimum Gasteiger partial charge on any atom is -0.356 e. The van der Waals surface area contributed by atoms with Gasteiger partial charge in [0.25, 0.3) is 0 Å². The van der Waals surface area contributed by atoms with Crippen LogP contribution in [0, 0.1) is 17.8 Å². The lowest BCUT2D eigenvalue weighted by molar-refractivity contribution is -0.140. The Morgan fingerprint density at radius 2 is 1.95 bits per heavy atom. The summed E-state index contributed by atoms with van der Waals surface area (Å²) in [5.41, 5.74) is 0. The Morgan fingerprint density at radius 1 is 1.30 bits per heavy atom. The summed E-state index contributed by atoms with van der Waals surface area (Å²) in [7, 11) is 0. The molecule has 0 aromatic carbocycles. The number of nitrogens with one attached hydrogen (secondary N) is 1. The standard InChI is InChI=1S/C15H26N2O3/c1-10(2)5-7-16-13(18)6-8-17-14(19)9-12(11(3)4)15(17)20/h10-12H,5-9H2,1-4H3,(H,16,18). The number of imide groups is 1. The van der Waals surface area contributed by atoms with Crippen LogP contribution in [0.4, 0.5) is 0 Å². The minimum atomic E-state index is -0.216. The molecule has 1 fully saturated rings. The molecule has 0 radical (unpaired) electrons. The molecule has 0 spiro atoms. The Hall–Kier alpha value is -1.39. The third kappa shape index (κ3) is 4.62. The van der Waals surface area contributed by atoms with E-state index in [1.165, 1.54) is 4.90 Å². The molecule has 0 bridgehead atoms. The molecule has 0 saturated carbocycles. The highest BCUT2D eigenvalue weighted by Crippen LogP contribution is 2.26. The number of carbonyl (C=O) groups excluding carboxylic acids is 3. The topological polar surface area (TPSA) is 66.5 Å². The van der Waals surface area contributed by atoms with Crippen molar-refractivity contribution in [2.75, 3.05) is 13.1 Å². The molecule has 1 aliphatic heterocycles. The van der Waals surface area contributed by atoms with E-state index in [4.69, 9.17) is 0 Å². The third-order valence-corrected chi connectivity index (χ3v) is 3.69. The Labute approximate surface area is 121 Å². The maximum Gasteiger partial charge on any atom is 0.233 e. The molecule has 5 heteroatoms. The van der Waals surface area contributed by atoms with Crippen molar-refractivity contribution < 1.29 is 14.4 Å². The molecule has 0 aromatic heterocycles. The van der Waals surface area contributed by atoms with Crippen LogP contribution in [0.3, 0.4) is 0 Å². The summed E-state index contributed by atoms with van der Waals surface area (Å²) in [5.74, 6) is 0.120. The van der Waals surface area contributed by atoms with Crippen molar-refractivity contribution in [1.82, 2.24) is 10.2 Å². The van der Waals surface area contributed by atoms with Crippen molar-refractivity contribution in [2.24, 2.45) is 17.8 Å². The zero-order valence-corrected chi connectivity index (χ0v) is 12.9. The first-order valence-corrected chi connectivity index (χ1v) is 7.43. The van der Waals surface area contributed by atoms with E-state index in [1.807, 2.05) is 13.8 Å². The summed E-state index contributed by atoms with van der Waals surface area (Å²) in [4.78, 5) is 36.7. The monoisotopic (exact) mass is 282 g/mol. The molecule has 0 aromatic rings. The second-order valence-electron chi connectivity index (χ2n) is 6.22. The first-order chi connectivity index (χ1) is 9.32. The third-order valence-electron chi connectivity index (χ3n) is 3.69. The van der Waals surface area contributed by atoms with Gasteiger partial charge in [-0.05, 0) is 18.3 Å². The molecular weight excluding hydrogens is 256 g/mol. The van der Waals surface area contributed by atoms with E-state index in [-0.39, 0.29) is 48.9 Å². The molecule has 0 aliphatic carbocycles. The smallest absolute Gasteiger partial charge is 0.233 e. The van der Waals surface area contributed by atoms with Crippen LogP contribution in [0.5, 0.6) is 0 Å². The van der Waals surface area contributed by atoms with Crippen LogP contribution in [0.1, 0.15) is 47.0 Å². The lowest BCUT2D eigenvalue weighted by Gasteiger charge is -2.16. The molecule has 1 N–H and O–H groups in total. The van der Waals surface area contributed by atoms with Gasteiger partial charge in [0.1, 0.15) is 0 Å². The second-order valence-corrected chi connectivity index (χ2v) is 6.22. The number of likely N-dealkylation sites (tertiary alicyclic amines) is 1. The molecule has 20 heavy (non-hydrogen) atoms. The van der Waals surface area contributed by atoms with Gasteiger partial charge >= 0.3 is 0 Å². The Kier molecular flexibility index (Phi) is 6.17. The second kappa shape index (κ2) is 7.41. The van der Waals surface area contributed by atoms with Crippen LogP contribution in [-0.4, -0.2) is 35.7 Å². The Morgan fingerprint density at radius 3 is 2.45 bits per heavy atom. The van der Waals surface area contributed by atoms with Crippen molar-refractivity contribution in [2.45, 2.75) is 47.0 Å². The number of nitrogens with zero attached hydrogens (tertiary/aromatic N) is 1. The summed E-state index contributed by atoms with van der Waals surface area (Å²) < 4.78 is 0. The minimum absolute atomic E-state index is 0.0979. The van der Waals surface area contributed by atoms with Crippen LogP contribution < -0.4 is 5.32 Å². The molecule has 1 atom stereocenters. The number of hydrogen-bond donors (Lipinski definition) is 1. The number of hydrogen-bond acceptors (Lipinski definition) is 3. The number of carbonyl (C=O) groups is 3. The van der Waals surface area contributed by atoms with Gasteiger partial charge in [0, 0.05) is 31.8 Å². The lowest BCUT2D eigenvalue weighted by Crippen LogP contribution is -2.36. The SMILES string of the molecule is CC(C)CCNC(=O)CCN1C(=O)CC(C(C)C)C1=O. The predicted molar refractivity (Wildman–Crippen MR) is 76.7 cm³/mol. The van der Waals surface area contributed by atoms with Gasteiger partial charge in [-0.25, -0.2) is 0 Å².